The zero-order chi connectivity index (χ0) is 20.7. The van der Waals surface area contributed by atoms with Gasteiger partial charge in [-0.15, -0.1) is 0 Å². The molecule has 0 nitrogen and oxygen atoms in total. The Kier molecular flexibility index (Phi) is 4.59. The van der Waals surface area contributed by atoms with Crippen molar-refractivity contribution in [2.45, 2.75) is 39.0 Å². The van der Waals surface area contributed by atoms with Gasteiger partial charge in [-0.05, 0) is 69.8 Å². The summed E-state index contributed by atoms with van der Waals surface area (Å²) in [5, 5.41) is 0. The summed E-state index contributed by atoms with van der Waals surface area (Å²) in [6, 6.07) is 33.4. The first kappa shape index (κ1) is 18.9. The number of aryl methyl sites for hydroxylation is 1. The van der Waals surface area contributed by atoms with Crippen LogP contribution in [0.15, 0.2) is 91.0 Å². The molecule has 0 radical (unpaired) electrons. The van der Waals surface area contributed by atoms with Gasteiger partial charge in [0.25, 0.3) is 0 Å². The van der Waals surface area contributed by atoms with Gasteiger partial charge in [-0.1, -0.05) is 105 Å². The predicted molar refractivity (Wildman–Crippen MR) is 129 cm³/mol. The first-order valence-electron chi connectivity index (χ1n) is 11.1. The van der Waals surface area contributed by atoms with E-state index >= 15 is 0 Å². The summed E-state index contributed by atoms with van der Waals surface area (Å²) in [6.07, 6.45) is 2.20. The number of benzene rings is 4. The molecule has 0 N–H and O–H groups in total. The Morgan fingerprint density at radius 1 is 0.600 bits per heavy atom. The minimum Gasteiger partial charge on any atom is -0.0642 e. The normalized spacial score (nSPS) is 13.7. The zero-order valence-electron chi connectivity index (χ0n) is 18.1. The Balaban J connectivity index is 1.97. The summed E-state index contributed by atoms with van der Waals surface area (Å²) in [4.78, 5) is 0. The SMILES string of the molecule is CCC1(CC)c2ccccc2-c2c(C)cc(-c3ccccc3)c(-c3ccccc3)c21. The van der Waals surface area contributed by atoms with Crippen LogP contribution >= 0.6 is 0 Å². The zero-order valence-corrected chi connectivity index (χ0v) is 18.1. The van der Waals surface area contributed by atoms with Crippen molar-refractivity contribution in [3.05, 3.63) is 108 Å². The van der Waals surface area contributed by atoms with Crippen molar-refractivity contribution in [2.75, 3.05) is 0 Å². The van der Waals surface area contributed by atoms with Crippen molar-refractivity contribution >= 4 is 0 Å². The second kappa shape index (κ2) is 7.29. The third kappa shape index (κ3) is 2.60. The van der Waals surface area contributed by atoms with E-state index in [1.54, 1.807) is 0 Å². The molecule has 5 rings (SSSR count). The van der Waals surface area contributed by atoms with E-state index in [0.717, 1.165) is 12.8 Å². The van der Waals surface area contributed by atoms with Gasteiger partial charge < -0.3 is 0 Å². The van der Waals surface area contributed by atoms with Crippen molar-refractivity contribution in [1.29, 1.82) is 0 Å². The Hall–Kier alpha value is -3.12. The smallest absolute Gasteiger partial charge is 0.0216 e. The molecule has 0 bridgehead atoms. The van der Waals surface area contributed by atoms with Crippen molar-refractivity contribution in [1.82, 2.24) is 0 Å². The first-order valence-corrected chi connectivity index (χ1v) is 11.1. The average molecular weight is 389 g/mol. The molecule has 1 aliphatic rings. The Morgan fingerprint density at radius 2 is 1.17 bits per heavy atom. The highest BCUT2D eigenvalue weighted by Crippen LogP contribution is 2.58. The molecule has 0 heteroatoms. The fourth-order valence-electron chi connectivity index (χ4n) is 5.63. The first-order chi connectivity index (χ1) is 14.7. The summed E-state index contributed by atoms with van der Waals surface area (Å²) < 4.78 is 0. The van der Waals surface area contributed by atoms with Gasteiger partial charge in [0.05, 0.1) is 0 Å². The number of hydrogen-bond donors (Lipinski definition) is 0. The largest absolute Gasteiger partial charge is 0.0642 e. The van der Waals surface area contributed by atoms with Crippen LogP contribution in [0.2, 0.25) is 0 Å². The topological polar surface area (TPSA) is 0 Å². The highest BCUT2D eigenvalue weighted by molar-refractivity contribution is 5.97. The third-order valence-electron chi connectivity index (χ3n) is 7.07. The lowest BCUT2D eigenvalue weighted by Gasteiger charge is -2.33. The summed E-state index contributed by atoms with van der Waals surface area (Å²) in [6.45, 7) is 7.00. The number of hydrogen-bond acceptors (Lipinski definition) is 0. The van der Waals surface area contributed by atoms with Crippen LogP contribution in [-0.4, -0.2) is 0 Å². The van der Waals surface area contributed by atoms with E-state index in [2.05, 4.69) is 112 Å². The minimum atomic E-state index is 0.0483. The molecule has 0 heterocycles. The van der Waals surface area contributed by atoms with E-state index < -0.39 is 0 Å². The van der Waals surface area contributed by atoms with Crippen molar-refractivity contribution in [3.63, 3.8) is 0 Å². The average Bonchev–Trinajstić information content (AvgIpc) is 3.11. The van der Waals surface area contributed by atoms with Crippen LogP contribution in [0.4, 0.5) is 0 Å². The molecule has 0 aliphatic heterocycles. The summed E-state index contributed by atoms with van der Waals surface area (Å²) in [7, 11) is 0. The van der Waals surface area contributed by atoms with Crippen LogP contribution in [-0.2, 0) is 5.41 Å². The molecule has 0 unspecified atom stereocenters. The van der Waals surface area contributed by atoms with Crippen LogP contribution in [0, 0.1) is 6.92 Å². The van der Waals surface area contributed by atoms with Crippen LogP contribution < -0.4 is 0 Å². The molecule has 30 heavy (non-hydrogen) atoms. The van der Waals surface area contributed by atoms with Crippen molar-refractivity contribution < 1.29 is 0 Å². The molecule has 0 atom stereocenters. The molecule has 0 aromatic heterocycles. The van der Waals surface area contributed by atoms with E-state index in [-0.39, 0.29) is 5.41 Å². The second-order valence-electron chi connectivity index (χ2n) is 8.43. The van der Waals surface area contributed by atoms with E-state index in [0.29, 0.717) is 0 Å². The standard InChI is InChI=1S/C30H28/c1-4-30(5-2)26-19-13-12-18-24(26)27-21(3)20-25(22-14-8-6-9-15-22)28(29(27)30)23-16-10-7-11-17-23/h6-20H,4-5H2,1-3H3. The summed E-state index contributed by atoms with van der Waals surface area (Å²) >= 11 is 0. The molecule has 0 spiro atoms. The predicted octanol–water partition coefficient (Wildman–Crippen LogP) is 8.42. The second-order valence-corrected chi connectivity index (χ2v) is 8.43. The van der Waals surface area contributed by atoms with Gasteiger partial charge >= 0.3 is 0 Å². The van der Waals surface area contributed by atoms with Crippen LogP contribution in [0.3, 0.4) is 0 Å². The molecule has 4 aromatic rings. The van der Waals surface area contributed by atoms with Crippen LogP contribution in [0.5, 0.6) is 0 Å². The highest BCUT2D eigenvalue weighted by Gasteiger charge is 2.43. The number of fused-ring (bicyclic) bond motifs is 3. The fourth-order valence-corrected chi connectivity index (χ4v) is 5.63. The molecule has 0 fully saturated rings. The molecular formula is C30H28. The van der Waals surface area contributed by atoms with E-state index in [1.165, 1.54) is 50.1 Å². The summed E-state index contributed by atoms with van der Waals surface area (Å²) in [5.74, 6) is 0. The third-order valence-corrected chi connectivity index (χ3v) is 7.07. The fraction of sp³-hybridized carbons (Fsp3) is 0.200. The Bertz CT molecular complexity index is 1200. The van der Waals surface area contributed by atoms with E-state index in [9.17, 15) is 0 Å². The van der Waals surface area contributed by atoms with Gasteiger partial charge in [0, 0.05) is 5.41 Å². The van der Waals surface area contributed by atoms with Gasteiger partial charge in [0.2, 0.25) is 0 Å². The monoisotopic (exact) mass is 388 g/mol. The maximum Gasteiger partial charge on any atom is 0.0216 e. The molecule has 0 saturated carbocycles. The molecule has 4 aromatic carbocycles. The molecule has 0 saturated heterocycles. The van der Waals surface area contributed by atoms with Gasteiger partial charge in [0.1, 0.15) is 0 Å². The van der Waals surface area contributed by atoms with Crippen molar-refractivity contribution in [2.24, 2.45) is 0 Å². The van der Waals surface area contributed by atoms with Gasteiger partial charge in [-0.3, -0.25) is 0 Å². The molecule has 1 aliphatic carbocycles. The van der Waals surface area contributed by atoms with Gasteiger partial charge in [0.15, 0.2) is 0 Å². The lowest BCUT2D eigenvalue weighted by Crippen LogP contribution is -2.24. The lowest BCUT2D eigenvalue weighted by atomic mass is 9.70. The lowest BCUT2D eigenvalue weighted by molar-refractivity contribution is 0.491. The molecule has 0 amide bonds. The quantitative estimate of drug-likeness (QED) is 0.329. The number of rotatable bonds is 4. The van der Waals surface area contributed by atoms with Crippen LogP contribution in [0.1, 0.15) is 43.4 Å². The molecular weight excluding hydrogens is 360 g/mol. The maximum absolute atomic E-state index is 2.41. The van der Waals surface area contributed by atoms with E-state index in [4.69, 9.17) is 0 Å². The highest BCUT2D eigenvalue weighted by atomic mass is 14.5. The Morgan fingerprint density at radius 3 is 1.80 bits per heavy atom. The Labute approximate surface area is 180 Å². The minimum absolute atomic E-state index is 0.0483. The van der Waals surface area contributed by atoms with Gasteiger partial charge in [-0.25, -0.2) is 0 Å². The summed E-state index contributed by atoms with van der Waals surface area (Å²) in [5.41, 5.74) is 12.7. The maximum atomic E-state index is 2.41. The van der Waals surface area contributed by atoms with E-state index in [1.807, 2.05) is 0 Å². The van der Waals surface area contributed by atoms with Gasteiger partial charge in [-0.2, -0.15) is 0 Å². The van der Waals surface area contributed by atoms with Crippen LogP contribution in [0.25, 0.3) is 33.4 Å². The van der Waals surface area contributed by atoms with Crippen molar-refractivity contribution in [3.8, 4) is 33.4 Å². The molecule has 148 valence electrons.